The monoisotopic (exact) mass is 222 g/mol. The van der Waals surface area contributed by atoms with Crippen molar-refractivity contribution in [3.8, 4) is 0 Å². The van der Waals surface area contributed by atoms with Crippen LogP contribution in [0.2, 0.25) is 0 Å². The lowest BCUT2D eigenvalue weighted by molar-refractivity contribution is -0.122. The van der Waals surface area contributed by atoms with Crippen LogP contribution in [-0.2, 0) is 17.8 Å². The topological polar surface area (TPSA) is 59.8 Å². The summed E-state index contributed by atoms with van der Waals surface area (Å²) in [6.45, 7) is 4.63. The van der Waals surface area contributed by atoms with Crippen LogP contribution < -0.4 is 5.32 Å². The SMILES string of the molecule is CCn1ncnc1CC(=O)C1CCCNC1. The number of carbonyl (C=O) groups is 1. The largest absolute Gasteiger partial charge is 0.316 e. The second kappa shape index (κ2) is 5.21. The highest BCUT2D eigenvalue weighted by atomic mass is 16.1. The quantitative estimate of drug-likeness (QED) is 0.801. The van der Waals surface area contributed by atoms with Gasteiger partial charge in [0.05, 0.1) is 6.42 Å². The van der Waals surface area contributed by atoms with Gasteiger partial charge in [0.25, 0.3) is 0 Å². The lowest BCUT2D eigenvalue weighted by Crippen LogP contribution is -2.35. The summed E-state index contributed by atoms with van der Waals surface area (Å²) in [4.78, 5) is 16.1. The smallest absolute Gasteiger partial charge is 0.144 e. The van der Waals surface area contributed by atoms with E-state index in [1.165, 1.54) is 6.33 Å². The molecule has 0 aromatic carbocycles. The van der Waals surface area contributed by atoms with Crippen LogP contribution in [0.25, 0.3) is 0 Å². The van der Waals surface area contributed by atoms with Crippen LogP contribution in [0.4, 0.5) is 0 Å². The van der Waals surface area contributed by atoms with Crippen LogP contribution in [0.5, 0.6) is 0 Å². The maximum absolute atomic E-state index is 12.0. The lowest BCUT2D eigenvalue weighted by atomic mass is 9.93. The first-order chi connectivity index (χ1) is 7.81. The molecule has 0 radical (unpaired) electrons. The Morgan fingerprint density at radius 2 is 2.56 bits per heavy atom. The summed E-state index contributed by atoms with van der Waals surface area (Å²) in [5.41, 5.74) is 0. The molecule has 0 aliphatic carbocycles. The van der Waals surface area contributed by atoms with Gasteiger partial charge >= 0.3 is 0 Å². The summed E-state index contributed by atoms with van der Waals surface area (Å²) in [6.07, 6.45) is 4.04. The summed E-state index contributed by atoms with van der Waals surface area (Å²) in [5, 5.41) is 7.33. The van der Waals surface area contributed by atoms with Gasteiger partial charge in [-0.15, -0.1) is 0 Å². The zero-order valence-corrected chi connectivity index (χ0v) is 9.65. The average Bonchev–Trinajstić information content (AvgIpc) is 2.77. The van der Waals surface area contributed by atoms with E-state index in [1.807, 2.05) is 6.92 Å². The Morgan fingerprint density at radius 1 is 1.69 bits per heavy atom. The van der Waals surface area contributed by atoms with Gasteiger partial charge in [0.1, 0.15) is 17.9 Å². The second-order valence-corrected chi connectivity index (χ2v) is 4.18. The van der Waals surface area contributed by atoms with Crippen molar-refractivity contribution in [3.63, 3.8) is 0 Å². The van der Waals surface area contributed by atoms with Crippen molar-refractivity contribution in [2.45, 2.75) is 32.7 Å². The Morgan fingerprint density at radius 3 is 3.25 bits per heavy atom. The molecule has 0 saturated carbocycles. The number of rotatable bonds is 4. The maximum Gasteiger partial charge on any atom is 0.144 e. The average molecular weight is 222 g/mol. The summed E-state index contributed by atoms with van der Waals surface area (Å²) >= 11 is 0. The molecular weight excluding hydrogens is 204 g/mol. The van der Waals surface area contributed by atoms with Crippen LogP contribution in [0.1, 0.15) is 25.6 Å². The summed E-state index contributed by atoms with van der Waals surface area (Å²) in [5.74, 6) is 1.24. The normalized spacial score (nSPS) is 20.9. The third kappa shape index (κ3) is 2.47. The Bertz CT molecular complexity index is 355. The number of nitrogens with one attached hydrogen (secondary N) is 1. The molecule has 5 nitrogen and oxygen atoms in total. The number of carbonyl (C=O) groups excluding carboxylic acids is 1. The molecule has 1 aliphatic rings. The van der Waals surface area contributed by atoms with Crippen molar-refractivity contribution in [1.82, 2.24) is 20.1 Å². The van der Waals surface area contributed by atoms with Crippen molar-refractivity contribution in [3.05, 3.63) is 12.2 Å². The Balaban J connectivity index is 1.95. The number of ketones is 1. The van der Waals surface area contributed by atoms with Gasteiger partial charge in [0.2, 0.25) is 0 Å². The van der Waals surface area contributed by atoms with E-state index in [0.29, 0.717) is 6.42 Å². The van der Waals surface area contributed by atoms with E-state index in [9.17, 15) is 4.79 Å². The van der Waals surface area contributed by atoms with E-state index in [4.69, 9.17) is 0 Å². The second-order valence-electron chi connectivity index (χ2n) is 4.18. The van der Waals surface area contributed by atoms with Crippen molar-refractivity contribution < 1.29 is 4.79 Å². The third-order valence-electron chi connectivity index (χ3n) is 3.08. The molecule has 1 aliphatic heterocycles. The number of aryl methyl sites for hydroxylation is 1. The van der Waals surface area contributed by atoms with Crippen molar-refractivity contribution in [2.75, 3.05) is 13.1 Å². The lowest BCUT2D eigenvalue weighted by Gasteiger charge is -2.21. The highest BCUT2D eigenvalue weighted by Gasteiger charge is 2.22. The molecule has 1 aromatic heterocycles. The number of hydrogen-bond acceptors (Lipinski definition) is 4. The molecule has 0 bridgehead atoms. The predicted molar refractivity (Wildman–Crippen MR) is 60.0 cm³/mol. The fourth-order valence-electron chi connectivity index (χ4n) is 2.12. The van der Waals surface area contributed by atoms with E-state index in [2.05, 4.69) is 15.4 Å². The molecule has 1 unspecified atom stereocenters. The summed E-state index contributed by atoms with van der Waals surface area (Å²) in [7, 11) is 0. The zero-order valence-electron chi connectivity index (χ0n) is 9.65. The van der Waals surface area contributed by atoms with Crippen LogP contribution in [0.3, 0.4) is 0 Å². The van der Waals surface area contributed by atoms with Gasteiger partial charge in [-0.05, 0) is 26.3 Å². The van der Waals surface area contributed by atoms with Crippen molar-refractivity contribution >= 4 is 5.78 Å². The molecule has 16 heavy (non-hydrogen) atoms. The van der Waals surface area contributed by atoms with Gasteiger partial charge in [0.15, 0.2) is 0 Å². The zero-order chi connectivity index (χ0) is 11.4. The van der Waals surface area contributed by atoms with E-state index in [0.717, 1.165) is 38.3 Å². The molecule has 1 aromatic rings. The first-order valence-corrected chi connectivity index (χ1v) is 5.91. The minimum atomic E-state index is 0.163. The van der Waals surface area contributed by atoms with Crippen LogP contribution in [-0.4, -0.2) is 33.6 Å². The Hall–Kier alpha value is -1.23. The Kier molecular flexibility index (Phi) is 3.66. The van der Waals surface area contributed by atoms with Crippen LogP contribution >= 0.6 is 0 Å². The fourth-order valence-corrected chi connectivity index (χ4v) is 2.12. The molecule has 0 spiro atoms. The fraction of sp³-hybridized carbons (Fsp3) is 0.727. The molecule has 2 heterocycles. The summed E-state index contributed by atoms with van der Waals surface area (Å²) in [6, 6.07) is 0. The van der Waals surface area contributed by atoms with Gasteiger partial charge in [-0.25, -0.2) is 9.67 Å². The molecule has 1 atom stereocenters. The third-order valence-corrected chi connectivity index (χ3v) is 3.08. The number of nitrogens with zero attached hydrogens (tertiary/aromatic N) is 3. The molecule has 5 heteroatoms. The van der Waals surface area contributed by atoms with Crippen molar-refractivity contribution in [1.29, 1.82) is 0 Å². The number of piperidine rings is 1. The molecular formula is C11H18N4O. The number of Topliss-reactive ketones (excluding diaryl/α,β-unsaturated/α-hetero) is 1. The first kappa shape index (κ1) is 11.3. The van der Waals surface area contributed by atoms with Gasteiger partial charge < -0.3 is 5.32 Å². The maximum atomic E-state index is 12.0. The van der Waals surface area contributed by atoms with E-state index >= 15 is 0 Å². The van der Waals surface area contributed by atoms with Crippen molar-refractivity contribution in [2.24, 2.45) is 5.92 Å². The van der Waals surface area contributed by atoms with E-state index < -0.39 is 0 Å². The number of hydrogen-bond donors (Lipinski definition) is 1. The van der Waals surface area contributed by atoms with E-state index in [1.54, 1.807) is 4.68 Å². The molecule has 1 N–H and O–H groups in total. The minimum absolute atomic E-state index is 0.163. The molecule has 1 fully saturated rings. The van der Waals surface area contributed by atoms with Gasteiger partial charge in [-0.2, -0.15) is 5.10 Å². The highest BCUT2D eigenvalue weighted by Crippen LogP contribution is 2.13. The minimum Gasteiger partial charge on any atom is -0.316 e. The van der Waals surface area contributed by atoms with Gasteiger partial charge in [-0.3, -0.25) is 4.79 Å². The van der Waals surface area contributed by atoms with Gasteiger partial charge in [0, 0.05) is 19.0 Å². The first-order valence-electron chi connectivity index (χ1n) is 5.91. The van der Waals surface area contributed by atoms with E-state index in [-0.39, 0.29) is 11.7 Å². The Labute approximate surface area is 95.2 Å². The van der Waals surface area contributed by atoms with Crippen LogP contribution in [0.15, 0.2) is 6.33 Å². The standard InChI is InChI=1S/C11H18N4O/c1-2-15-11(13-8-14-15)6-10(16)9-4-3-5-12-7-9/h8-9,12H,2-7H2,1H3. The van der Waals surface area contributed by atoms with Gasteiger partial charge in [-0.1, -0.05) is 0 Å². The number of aromatic nitrogens is 3. The molecule has 0 amide bonds. The molecule has 1 saturated heterocycles. The predicted octanol–water partition coefficient (Wildman–Crippen LogP) is 0.409. The highest BCUT2D eigenvalue weighted by molar-refractivity contribution is 5.82. The molecule has 2 rings (SSSR count). The summed E-state index contributed by atoms with van der Waals surface area (Å²) < 4.78 is 1.79. The van der Waals surface area contributed by atoms with Crippen LogP contribution in [0, 0.1) is 5.92 Å². The molecule has 88 valence electrons.